The summed E-state index contributed by atoms with van der Waals surface area (Å²) in [7, 11) is 1.70. The Hall–Kier alpha value is -1.96. The fraction of sp³-hybridized carbons (Fsp3) is 0.375. The minimum atomic E-state index is 0.534. The van der Waals surface area contributed by atoms with Gasteiger partial charge in [0.2, 0.25) is 0 Å². The molecular weight excluding hydrogens is 250 g/mol. The second kappa shape index (κ2) is 7.59. The first-order valence-electron chi connectivity index (χ1n) is 6.76. The highest BCUT2D eigenvalue weighted by Crippen LogP contribution is 2.17. The van der Waals surface area contributed by atoms with E-state index >= 15 is 0 Å². The third-order valence-corrected chi connectivity index (χ3v) is 3.28. The van der Waals surface area contributed by atoms with Crippen molar-refractivity contribution in [2.45, 2.75) is 13.0 Å². The van der Waals surface area contributed by atoms with Crippen LogP contribution in [-0.2, 0) is 11.3 Å². The van der Waals surface area contributed by atoms with Gasteiger partial charge in [0.25, 0.3) is 0 Å². The Bertz CT molecular complexity index is 586. The summed E-state index contributed by atoms with van der Waals surface area (Å²) in [5, 5.41) is 9.94. The molecule has 0 saturated carbocycles. The van der Waals surface area contributed by atoms with Gasteiger partial charge in [-0.25, -0.2) is 0 Å². The Morgan fingerprint density at radius 1 is 1.25 bits per heavy atom. The van der Waals surface area contributed by atoms with Gasteiger partial charge in [-0.05, 0) is 17.7 Å². The molecule has 0 aliphatic rings. The number of benzene rings is 1. The van der Waals surface area contributed by atoms with E-state index in [1.54, 1.807) is 7.11 Å². The minimum absolute atomic E-state index is 0.534. The lowest BCUT2D eigenvalue weighted by Gasteiger charge is -2.21. The zero-order valence-electron chi connectivity index (χ0n) is 11.7. The highest BCUT2D eigenvalue weighted by Gasteiger charge is 2.08. The van der Waals surface area contributed by atoms with Gasteiger partial charge in [-0.15, -0.1) is 0 Å². The van der Waals surface area contributed by atoms with Crippen LogP contribution in [0.3, 0.4) is 0 Å². The van der Waals surface area contributed by atoms with Crippen molar-refractivity contribution in [1.82, 2.24) is 9.88 Å². The number of nitriles is 1. The first kappa shape index (κ1) is 14.4. The van der Waals surface area contributed by atoms with Gasteiger partial charge in [0, 0.05) is 44.7 Å². The summed E-state index contributed by atoms with van der Waals surface area (Å²) in [6, 6.07) is 12.4. The van der Waals surface area contributed by atoms with E-state index < -0.39 is 0 Å². The number of para-hydroxylation sites is 1. The van der Waals surface area contributed by atoms with Crippen LogP contribution in [0, 0.1) is 11.3 Å². The van der Waals surface area contributed by atoms with E-state index in [9.17, 15) is 0 Å². The minimum Gasteiger partial charge on any atom is -0.383 e. The third-order valence-electron chi connectivity index (χ3n) is 3.28. The van der Waals surface area contributed by atoms with Crippen LogP contribution in [0.15, 0.2) is 36.5 Å². The van der Waals surface area contributed by atoms with Crippen molar-refractivity contribution in [3.8, 4) is 6.07 Å². The molecular formula is C16H19N3O. The highest BCUT2D eigenvalue weighted by atomic mass is 16.5. The maximum absolute atomic E-state index is 8.76. The number of nitrogens with zero attached hydrogens (tertiary/aromatic N) is 3. The van der Waals surface area contributed by atoms with Crippen LogP contribution in [0.2, 0.25) is 0 Å². The van der Waals surface area contributed by atoms with Gasteiger partial charge < -0.3 is 4.74 Å². The second-order valence-electron chi connectivity index (χ2n) is 4.66. The van der Waals surface area contributed by atoms with Crippen LogP contribution in [0.1, 0.15) is 12.0 Å². The largest absolute Gasteiger partial charge is 0.383 e. The van der Waals surface area contributed by atoms with Gasteiger partial charge in [-0.1, -0.05) is 18.2 Å². The molecule has 0 saturated heterocycles. The molecule has 0 unspecified atom stereocenters. The van der Waals surface area contributed by atoms with Gasteiger partial charge >= 0.3 is 0 Å². The number of rotatable bonds is 7. The lowest BCUT2D eigenvalue weighted by atomic mass is 10.1. The maximum Gasteiger partial charge on any atom is 0.0705 e. The molecule has 0 bridgehead atoms. The van der Waals surface area contributed by atoms with E-state index in [1.165, 1.54) is 10.9 Å². The van der Waals surface area contributed by atoms with E-state index in [0.29, 0.717) is 13.0 Å². The van der Waals surface area contributed by atoms with Gasteiger partial charge in [0.1, 0.15) is 0 Å². The van der Waals surface area contributed by atoms with Crippen molar-refractivity contribution in [3.63, 3.8) is 0 Å². The predicted molar refractivity (Wildman–Crippen MR) is 79.1 cm³/mol. The van der Waals surface area contributed by atoms with E-state index in [-0.39, 0.29) is 0 Å². The SMILES string of the molecule is COCCN(CCC#N)Cc1ccnc2ccccc12. The number of hydrogen-bond donors (Lipinski definition) is 0. The smallest absolute Gasteiger partial charge is 0.0705 e. The van der Waals surface area contributed by atoms with Crippen LogP contribution in [0.4, 0.5) is 0 Å². The zero-order valence-corrected chi connectivity index (χ0v) is 11.7. The number of methoxy groups -OCH3 is 1. The van der Waals surface area contributed by atoms with E-state index in [4.69, 9.17) is 10.00 Å². The number of fused-ring (bicyclic) bond motifs is 1. The maximum atomic E-state index is 8.76. The summed E-state index contributed by atoms with van der Waals surface area (Å²) in [6.45, 7) is 3.08. The predicted octanol–water partition coefficient (Wildman–Crippen LogP) is 2.60. The number of ether oxygens (including phenoxy) is 1. The molecule has 20 heavy (non-hydrogen) atoms. The van der Waals surface area contributed by atoms with Crippen LogP contribution in [-0.4, -0.2) is 36.7 Å². The molecule has 2 aromatic rings. The Morgan fingerprint density at radius 3 is 2.90 bits per heavy atom. The monoisotopic (exact) mass is 269 g/mol. The summed E-state index contributed by atoms with van der Waals surface area (Å²) in [5.41, 5.74) is 2.25. The van der Waals surface area contributed by atoms with Crippen molar-refractivity contribution in [2.75, 3.05) is 26.8 Å². The lowest BCUT2D eigenvalue weighted by molar-refractivity contribution is 0.145. The van der Waals surface area contributed by atoms with Crippen molar-refractivity contribution in [2.24, 2.45) is 0 Å². The molecule has 0 atom stereocenters. The van der Waals surface area contributed by atoms with Crippen molar-refractivity contribution in [3.05, 3.63) is 42.1 Å². The second-order valence-corrected chi connectivity index (χ2v) is 4.66. The Kier molecular flexibility index (Phi) is 5.48. The molecule has 0 spiro atoms. The number of aromatic nitrogens is 1. The fourth-order valence-electron chi connectivity index (χ4n) is 2.23. The van der Waals surface area contributed by atoms with Gasteiger partial charge in [-0.2, -0.15) is 5.26 Å². The van der Waals surface area contributed by atoms with E-state index in [2.05, 4.69) is 28.1 Å². The molecule has 0 aliphatic heterocycles. The molecule has 4 heteroatoms. The standard InChI is InChI=1S/C16H19N3O/c1-20-12-11-19(10-4-8-17)13-14-7-9-18-16-6-3-2-5-15(14)16/h2-3,5-7,9H,4,10-13H2,1H3. The summed E-state index contributed by atoms with van der Waals surface area (Å²) < 4.78 is 5.14. The van der Waals surface area contributed by atoms with Crippen molar-refractivity contribution >= 4 is 10.9 Å². The fourth-order valence-corrected chi connectivity index (χ4v) is 2.23. The summed E-state index contributed by atoms with van der Waals surface area (Å²) in [5.74, 6) is 0. The Balaban J connectivity index is 2.17. The van der Waals surface area contributed by atoms with Crippen LogP contribution in [0.25, 0.3) is 10.9 Å². The Labute approximate surface area is 119 Å². The average Bonchev–Trinajstić information content (AvgIpc) is 2.50. The molecule has 0 fully saturated rings. The molecule has 0 amide bonds. The first-order chi connectivity index (χ1) is 9.85. The number of pyridine rings is 1. The number of hydrogen-bond acceptors (Lipinski definition) is 4. The van der Waals surface area contributed by atoms with E-state index in [0.717, 1.165) is 25.2 Å². The normalized spacial score (nSPS) is 10.8. The molecule has 1 aromatic carbocycles. The molecule has 0 radical (unpaired) electrons. The van der Waals surface area contributed by atoms with Gasteiger partial charge in [0.15, 0.2) is 0 Å². The highest BCUT2D eigenvalue weighted by molar-refractivity contribution is 5.81. The summed E-state index contributed by atoms with van der Waals surface area (Å²) in [6.07, 6.45) is 2.38. The molecule has 1 aromatic heterocycles. The molecule has 104 valence electrons. The van der Waals surface area contributed by atoms with Crippen LogP contribution >= 0.6 is 0 Å². The van der Waals surface area contributed by atoms with E-state index in [1.807, 2.05) is 24.4 Å². The molecule has 1 heterocycles. The topological polar surface area (TPSA) is 49.1 Å². The first-order valence-corrected chi connectivity index (χ1v) is 6.76. The molecule has 2 rings (SSSR count). The molecule has 0 aliphatic carbocycles. The van der Waals surface area contributed by atoms with Crippen LogP contribution < -0.4 is 0 Å². The van der Waals surface area contributed by atoms with Crippen molar-refractivity contribution < 1.29 is 4.74 Å². The van der Waals surface area contributed by atoms with Gasteiger partial charge in [0.05, 0.1) is 18.2 Å². The Morgan fingerprint density at radius 2 is 2.10 bits per heavy atom. The molecule has 4 nitrogen and oxygen atoms in total. The summed E-state index contributed by atoms with van der Waals surface area (Å²) >= 11 is 0. The van der Waals surface area contributed by atoms with Crippen molar-refractivity contribution in [1.29, 1.82) is 5.26 Å². The molecule has 0 N–H and O–H groups in total. The quantitative estimate of drug-likeness (QED) is 0.775. The lowest BCUT2D eigenvalue weighted by Crippen LogP contribution is -2.28. The van der Waals surface area contributed by atoms with Crippen LogP contribution in [0.5, 0.6) is 0 Å². The average molecular weight is 269 g/mol. The van der Waals surface area contributed by atoms with Gasteiger partial charge in [-0.3, -0.25) is 9.88 Å². The zero-order chi connectivity index (χ0) is 14.2. The summed E-state index contributed by atoms with van der Waals surface area (Å²) in [4.78, 5) is 6.62. The third kappa shape index (κ3) is 3.77.